The molecule has 0 saturated heterocycles. The summed E-state index contributed by atoms with van der Waals surface area (Å²) in [6.45, 7) is 0. The molecular weight excluding hydrogens is 419 g/mol. The van der Waals surface area contributed by atoms with Crippen molar-refractivity contribution in [2.24, 2.45) is 0 Å². The predicted molar refractivity (Wildman–Crippen MR) is 124 cm³/mol. The fraction of sp³-hybridized carbons (Fsp3) is 0.120. The zero-order valence-electron chi connectivity index (χ0n) is 17.5. The van der Waals surface area contributed by atoms with Gasteiger partial charge in [0.2, 0.25) is 0 Å². The van der Waals surface area contributed by atoms with Gasteiger partial charge in [-0.3, -0.25) is 4.79 Å². The molecular formula is C25H19FN6O. The maximum Gasteiger partial charge on any atom is 0.256 e. The topological polar surface area (TPSA) is 88.5 Å². The number of anilines is 2. The summed E-state index contributed by atoms with van der Waals surface area (Å²) in [4.78, 5) is 27.8. The molecule has 8 heteroatoms. The molecule has 2 N–H and O–H groups in total. The van der Waals surface area contributed by atoms with E-state index in [1.54, 1.807) is 30.5 Å². The van der Waals surface area contributed by atoms with Crippen molar-refractivity contribution in [2.45, 2.75) is 18.8 Å². The fourth-order valence-electron chi connectivity index (χ4n) is 3.87. The van der Waals surface area contributed by atoms with E-state index in [1.807, 2.05) is 35.2 Å². The molecule has 1 saturated carbocycles. The van der Waals surface area contributed by atoms with Crippen molar-refractivity contribution < 1.29 is 4.39 Å². The second-order valence-corrected chi connectivity index (χ2v) is 8.14. The molecule has 0 spiro atoms. The lowest BCUT2D eigenvalue weighted by molar-refractivity contribution is 0.633. The quantitative estimate of drug-likeness (QED) is 0.406. The van der Waals surface area contributed by atoms with E-state index in [1.165, 1.54) is 12.8 Å². The summed E-state index contributed by atoms with van der Waals surface area (Å²) < 4.78 is 16.2. The Kier molecular flexibility index (Phi) is 4.50. The third-order valence-electron chi connectivity index (χ3n) is 5.80. The summed E-state index contributed by atoms with van der Waals surface area (Å²) in [5.41, 5.74) is 3.35. The Morgan fingerprint density at radius 1 is 1.03 bits per heavy atom. The summed E-state index contributed by atoms with van der Waals surface area (Å²) in [5.74, 6) is 1.27. The Bertz CT molecular complexity index is 1540. The van der Waals surface area contributed by atoms with Gasteiger partial charge < -0.3 is 14.9 Å². The number of fused-ring (bicyclic) bond motifs is 1. The minimum atomic E-state index is -0.487. The molecule has 5 aromatic rings. The first-order chi connectivity index (χ1) is 16.1. The number of imidazole rings is 1. The highest BCUT2D eigenvalue weighted by Gasteiger charge is 2.25. The van der Waals surface area contributed by atoms with Gasteiger partial charge in [-0.2, -0.15) is 0 Å². The largest absolute Gasteiger partial charge is 0.340 e. The molecule has 0 unspecified atom stereocenters. The first-order valence-electron chi connectivity index (χ1n) is 10.7. The zero-order chi connectivity index (χ0) is 22.4. The Morgan fingerprint density at radius 2 is 1.88 bits per heavy atom. The maximum atomic E-state index is 14.1. The lowest BCUT2D eigenvalue weighted by Crippen LogP contribution is -2.06. The van der Waals surface area contributed by atoms with Gasteiger partial charge >= 0.3 is 0 Å². The van der Waals surface area contributed by atoms with Gasteiger partial charge in [0.1, 0.15) is 11.6 Å². The molecule has 7 nitrogen and oxygen atoms in total. The number of hydrogen-bond acceptors (Lipinski definition) is 5. The summed E-state index contributed by atoms with van der Waals surface area (Å²) >= 11 is 0. The number of H-pyrrole nitrogens is 1. The molecule has 0 radical (unpaired) electrons. The lowest BCUT2D eigenvalue weighted by atomic mass is 10.1. The van der Waals surface area contributed by atoms with Crippen LogP contribution < -0.4 is 10.9 Å². The fourth-order valence-corrected chi connectivity index (χ4v) is 3.87. The van der Waals surface area contributed by atoms with Crippen LogP contribution in [0.4, 0.5) is 15.9 Å². The van der Waals surface area contributed by atoms with Crippen LogP contribution in [-0.4, -0.2) is 24.5 Å². The molecule has 0 atom stereocenters. The third kappa shape index (κ3) is 3.76. The van der Waals surface area contributed by atoms with E-state index in [9.17, 15) is 9.18 Å². The Hall–Kier alpha value is -4.33. The number of nitrogens with one attached hydrogen (secondary N) is 2. The van der Waals surface area contributed by atoms with E-state index >= 15 is 0 Å². The molecule has 1 aliphatic rings. The molecule has 0 aliphatic heterocycles. The first kappa shape index (κ1) is 19.4. The second kappa shape index (κ2) is 7.67. The molecule has 6 rings (SSSR count). The zero-order valence-corrected chi connectivity index (χ0v) is 17.5. The molecule has 3 heterocycles. The second-order valence-electron chi connectivity index (χ2n) is 8.14. The predicted octanol–water partition coefficient (Wildman–Crippen LogP) is 4.93. The third-order valence-corrected chi connectivity index (χ3v) is 5.80. The van der Waals surface area contributed by atoms with Gasteiger partial charge in [-0.15, -0.1) is 0 Å². The van der Waals surface area contributed by atoms with Gasteiger partial charge in [0.15, 0.2) is 5.82 Å². The highest BCUT2D eigenvalue weighted by molar-refractivity contribution is 5.86. The number of hydrogen-bond donors (Lipinski definition) is 2. The van der Waals surface area contributed by atoms with Gasteiger partial charge in [0.25, 0.3) is 5.56 Å². The van der Waals surface area contributed by atoms with E-state index < -0.39 is 5.82 Å². The van der Waals surface area contributed by atoms with Crippen LogP contribution in [0.15, 0.2) is 78.2 Å². The SMILES string of the molecule is O=c1[nH]cc(F)c2cc(Nc3ccnc(-c4ccc(-n5cnc(C6CC6)c5)cc4)n3)ccc12. The lowest BCUT2D eigenvalue weighted by Gasteiger charge is -2.09. The van der Waals surface area contributed by atoms with Crippen LogP contribution >= 0.6 is 0 Å². The normalized spacial score (nSPS) is 13.4. The number of aromatic nitrogens is 5. The summed E-state index contributed by atoms with van der Waals surface area (Å²) in [5, 5.41) is 3.71. The van der Waals surface area contributed by atoms with Crippen LogP contribution in [0.3, 0.4) is 0 Å². The van der Waals surface area contributed by atoms with E-state index in [-0.39, 0.29) is 10.9 Å². The highest BCUT2D eigenvalue weighted by Crippen LogP contribution is 2.39. The van der Waals surface area contributed by atoms with Gasteiger partial charge in [-0.05, 0) is 61.4 Å². The number of halogens is 1. The number of benzene rings is 2. The van der Waals surface area contributed by atoms with Crippen LogP contribution in [0, 0.1) is 5.82 Å². The molecule has 0 bridgehead atoms. The molecule has 1 fully saturated rings. The Balaban J connectivity index is 1.25. The van der Waals surface area contributed by atoms with Gasteiger partial charge in [-0.1, -0.05) is 0 Å². The molecule has 1 aliphatic carbocycles. The van der Waals surface area contributed by atoms with E-state index in [2.05, 4.69) is 31.4 Å². The molecule has 162 valence electrons. The number of nitrogens with zero attached hydrogens (tertiary/aromatic N) is 4. The molecule has 3 aromatic heterocycles. The van der Waals surface area contributed by atoms with Crippen molar-refractivity contribution in [3.8, 4) is 17.1 Å². The van der Waals surface area contributed by atoms with Gasteiger partial charge in [0, 0.05) is 46.8 Å². The minimum absolute atomic E-state index is 0.248. The van der Waals surface area contributed by atoms with Crippen molar-refractivity contribution in [2.75, 3.05) is 5.32 Å². The van der Waals surface area contributed by atoms with E-state index in [4.69, 9.17) is 0 Å². The minimum Gasteiger partial charge on any atom is -0.340 e. The Morgan fingerprint density at radius 3 is 2.70 bits per heavy atom. The monoisotopic (exact) mass is 438 g/mol. The standard InChI is InChI=1S/C25H19FN6O/c26-21-12-28-25(33)19-8-5-17(11-20(19)21)30-23-9-10-27-24(31-23)16-3-6-18(7-4-16)32-13-22(29-14-32)15-1-2-15/h3-15H,1-2H2,(H,28,33)(H,27,30,31). The van der Waals surface area contributed by atoms with E-state index in [0.717, 1.165) is 23.1 Å². The summed E-state index contributed by atoms with van der Waals surface area (Å²) in [6, 6.07) is 14.6. The smallest absolute Gasteiger partial charge is 0.256 e. The number of aromatic amines is 1. The van der Waals surface area contributed by atoms with Crippen LogP contribution in [0.1, 0.15) is 24.5 Å². The van der Waals surface area contributed by atoms with Crippen molar-refractivity contribution >= 4 is 22.3 Å². The first-order valence-corrected chi connectivity index (χ1v) is 10.7. The molecule has 33 heavy (non-hydrogen) atoms. The maximum absolute atomic E-state index is 14.1. The van der Waals surface area contributed by atoms with E-state index in [0.29, 0.717) is 28.6 Å². The number of rotatable bonds is 5. The van der Waals surface area contributed by atoms with Crippen molar-refractivity contribution in [3.63, 3.8) is 0 Å². The van der Waals surface area contributed by atoms with Crippen LogP contribution in [0.25, 0.3) is 27.8 Å². The summed E-state index contributed by atoms with van der Waals surface area (Å²) in [7, 11) is 0. The Labute approximate surface area is 188 Å². The van der Waals surface area contributed by atoms with Crippen LogP contribution in [0.5, 0.6) is 0 Å². The highest BCUT2D eigenvalue weighted by atomic mass is 19.1. The van der Waals surface area contributed by atoms with Crippen molar-refractivity contribution in [1.29, 1.82) is 0 Å². The molecule has 0 amide bonds. The van der Waals surface area contributed by atoms with Crippen molar-refractivity contribution in [3.05, 3.63) is 95.3 Å². The van der Waals surface area contributed by atoms with Crippen LogP contribution in [0.2, 0.25) is 0 Å². The van der Waals surface area contributed by atoms with Crippen molar-refractivity contribution in [1.82, 2.24) is 24.5 Å². The molecule has 2 aromatic carbocycles. The van der Waals surface area contributed by atoms with Gasteiger partial charge in [0.05, 0.1) is 17.4 Å². The number of pyridine rings is 1. The average molecular weight is 438 g/mol. The van der Waals surface area contributed by atoms with Gasteiger partial charge in [-0.25, -0.2) is 19.3 Å². The average Bonchev–Trinajstić information content (AvgIpc) is 3.58. The summed E-state index contributed by atoms with van der Waals surface area (Å²) in [6.07, 6.45) is 9.13. The van der Waals surface area contributed by atoms with Crippen LogP contribution in [-0.2, 0) is 0 Å².